The Hall–Kier alpha value is -1.38. The van der Waals surface area contributed by atoms with Crippen molar-refractivity contribution in [2.75, 3.05) is 6.16 Å². The summed E-state index contributed by atoms with van der Waals surface area (Å²) in [5.74, 6) is -1.69. The normalized spacial score (nSPS) is 23.9. The van der Waals surface area contributed by atoms with E-state index in [2.05, 4.69) is 0 Å². The van der Waals surface area contributed by atoms with Crippen LogP contribution in [0.5, 0.6) is 0 Å². The molecular weight excluding hydrogens is 299 g/mol. The van der Waals surface area contributed by atoms with Crippen LogP contribution in [0.25, 0.3) is 0 Å². The van der Waals surface area contributed by atoms with Crippen molar-refractivity contribution in [3.63, 3.8) is 0 Å². The number of unbranched alkanes of at least 4 members (excludes halogenated alkanes) is 1. The molecule has 1 aliphatic carbocycles. The Morgan fingerprint density at radius 3 is 2.50 bits per heavy atom. The molecule has 5 heteroatoms. The first-order chi connectivity index (χ1) is 10.5. The van der Waals surface area contributed by atoms with Gasteiger partial charge in [0.05, 0.1) is 11.6 Å². The summed E-state index contributed by atoms with van der Waals surface area (Å²) in [5.41, 5.74) is 0.589. The van der Waals surface area contributed by atoms with Crippen molar-refractivity contribution in [1.82, 2.24) is 0 Å². The van der Waals surface area contributed by atoms with Crippen LogP contribution >= 0.6 is 7.37 Å². The van der Waals surface area contributed by atoms with Crippen LogP contribution in [-0.4, -0.2) is 27.8 Å². The number of aliphatic carboxylic acids is 1. The maximum Gasteiger partial charge on any atom is 0.307 e. The standard InChI is InChI=1S/C17H23O4P/c18-17(19)15-11-4-5-12-16(15)22(20,21)13-7-6-10-14-8-2-1-3-9-14/h1-5,8-9,15-16H,6-7,10-13H2,(H,18,19)(H,20,21)/t15-,16-/m1/s1. The molecule has 0 heterocycles. The second kappa shape index (κ2) is 7.75. The Kier molecular flexibility index (Phi) is 5.98. The second-order valence-corrected chi connectivity index (χ2v) is 8.50. The van der Waals surface area contributed by atoms with Gasteiger partial charge in [0.2, 0.25) is 7.37 Å². The topological polar surface area (TPSA) is 74.6 Å². The molecule has 0 saturated heterocycles. The predicted octanol–water partition coefficient (Wildman–Crippen LogP) is 3.70. The summed E-state index contributed by atoms with van der Waals surface area (Å²) in [4.78, 5) is 21.6. The maximum atomic E-state index is 12.6. The highest BCUT2D eigenvalue weighted by atomic mass is 31.2. The molecule has 2 rings (SSSR count). The Bertz CT molecular complexity index is 567. The molecule has 1 unspecified atom stereocenters. The minimum absolute atomic E-state index is 0.210. The smallest absolute Gasteiger partial charge is 0.307 e. The Labute approximate surface area is 131 Å². The molecule has 0 aromatic heterocycles. The molecule has 0 aliphatic heterocycles. The van der Waals surface area contributed by atoms with Crippen molar-refractivity contribution in [2.45, 2.75) is 37.8 Å². The number of aryl methyl sites for hydroxylation is 1. The van der Waals surface area contributed by atoms with E-state index in [4.69, 9.17) is 0 Å². The van der Waals surface area contributed by atoms with Crippen LogP contribution in [0, 0.1) is 5.92 Å². The molecule has 22 heavy (non-hydrogen) atoms. The zero-order chi connectivity index (χ0) is 16.0. The molecule has 120 valence electrons. The van der Waals surface area contributed by atoms with Gasteiger partial charge in [-0.3, -0.25) is 9.36 Å². The van der Waals surface area contributed by atoms with Gasteiger partial charge in [0, 0.05) is 6.16 Å². The number of allylic oxidation sites excluding steroid dienone is 2. The van der Waals surface area contributed by atoms with E-state index in [0.717, 1.165) is 12.8 Å². The monoisotopic (exact) mass is 322 g/mol. The van der Waals surface area contributed by atoms with E-state index >= 15 is 0 Å². The number of carbonyl (C=O) groups is 1. The van der Waals surface area contributed by atoms with E-state index in [1.165, 1.54) is 5.56 Å². The van der Waals surface area contributed by atoms with Crippen LogP contribution in [0.1, 0.15) is 31.2 Å². The largest absolute Gasteiger partial charge is 0.481 e. The van der Waals surface area contributed by atoms with E-state index in [-0.39, 0.29) is 6.16 Å². The van der Waals surface area contributed by atoms with Gasteiger partial charge in [0.15, 0.2) is 0 Å². The van der Waals surface area contributed by atoms with Crippen LogP contribution < -0.4 is 0 Å². The molecule has 0 saturated carbocycles. The van der Waals surface area contributed by atoms with Gasteiger partial charge in [0.25, 0.3) is 0 Å². The fourth-order valence-corrected chi connectivity index (χ4v) is 5.26. The number of carboxylic acids is 1. The average Bonchev–Trinajstić information content (AvgIpc) is 2.52. The molecule has 0 amide bonds. The first-order valence-electron chi connectivity index (χ1n) is 7.74. The van der Waals surface area contributed by atoms with Gasteiger partial charge < -0.3 is 10.00 Å². The summed E-state index contributed by atoms with van der Waals surface area (Å²) >= 11 is 0. The molecule has 2 N–H and O–H groups in total. The van der Waals surface area contributed by atoms with Crippen molar-refractivity contribution in [3.05, 3.63) is 48.0 Å². The van der Waals surface area contributed by atoms with Crippen molar-refractivity contribution in [1.29, 1.82) is 0 Å². The van der Waals surface area contributed by atoms with Crippen molar-refractivity contribution in [2.24, 2.45) is 5.92 Å². The quantitative estimate of drug-likeness (QED) is 0.456. The Morgan fingerprint density at radius 1 is 1.14 bits per heavy atom. The Balaban J connectivity index is 1.86. The van der Waals surface area contributed by atoms with E-state index in [1.807, 2.05) is 36.4 Å². The number of rotatable bonds is 7. The molecule has 0 fully saturated rings. The zero-order valence-electron chi connectivity index (χ0n) is 12.6. The number of hydrogen-bond acceptors (Lipinski definition) is 2. The molecular formula is C17H23O4P. The summed E-state index contributed by atoms with van der Waals surface area (Å²) in [5, 5.41) is 9.23. The lowest BCUT2D eigenvalue weighted by molar-refractivity contribution is -0.141. The van der Waals surface area contributed by atoms with Crippen LogP contribution in [0.15, 0.2) is 42.5 Å². The van der Waals surface area contributed by atoms with Gasteiger partial charge in [-0.25, -0.2) is 0 Å². The van der Waals surface area contributed by atoms with E-state index < -0.39 is 24.9 Å². The summed E-state index contributed by atoms with van der Waals surface area (Å²) < 4.78 is 12.6. The fraction of sp³-hybridized carbons (Fsp3) is 0.471. The molecule has 1 aromatic carbocycles. The highest BCUT2D eigenvalue weighted by molar-refractivity contribution is 7.58. The number of carboxylic acid groups (broad SMARTS) is 1. The van der Waals surface area contributed by atoms with Gasteiger partial charge in [-0.15, -0.1) is 0 Å². The fourth-order valence-electron chi connectivity index (χ4n) is 2.99. The second-order valence-electron chi connectivity index (χ2n) is 5.88. The molecule has 1 aliphatic rings. The molecule has 3 atom stereocenters. The maximum absolute atomic E-state index is 12.6. The molecule has 0 spiro atoms. The summed E-state index contributed by atoms with van der Waals surface area (Å²) in [6, 6.07) is 10.0. The van der Waals surface area contributed by atoms with Crippen molar-refractivity contribution >= 4 is 13.3 Å². The van der Waals surface area contributed by atoms with Gasteiger partial charge >= 0.3 is 5.97 Å². The van der Waals surface area contributed by atoms with Gasteiger partial charge in [0.1, 0.15) is 0 Å². The van der Waals surface area contributed by atoms with Crippen LogP contribution in [0.3, 0.4) is 0 Å². The van der Waals surface area contributed by atoms with Crippen LogP contribution in [-0.2, 0) is 15.8 Å². The van der Waals surface area contributed by atoms with Crippen LogP contribution in [0.2, 0.25) is 0 Å². The predicted molar refractivity (Wildman–Crippen MR) is 87.4 cm³/mol. The first kappa shape index (κ1) is 17.0. The summed E-state index contributed by atoms with van der Waals surface area (Å²) in [6.07, 6.45) is 6.96. The van der Waals surface area contributed by atoms with Gasteiger partial charge in [-0.05, 0) is 37.7 Å². The third-order valence-electron chi connectivity index (χ3n) is 4.27. The van der Waals surface area contributed by atoms with Crippen molar-refractivity contribution in [3.8, 4) is 0 Å². The third-order valence-corrected chi connectivity index (χ3v) is 6.84. The average molecular weight is 322 g/mol. The SMILES string of the molecule is O=C(O)[C@@H]1CC=CC[C@H]1P(=O)(O)CCCCc1ccccc1. The van der Waals surface area contributed by atoms with E-state index in [1.54, 1.807) is 6.08 Å². The van der Waals surface area contributed by atoms with E-state index in [0.29, 0.717) is 19.3 Å². The van der Waals surface area contributed by atoms with Gasteiger partial charge in [-0.1, -0.05) is 42.5 Å². The third kappa shape index (κ3) is 4.56. The molecule has 4 nitrogen and oxygen atoms in total. The Morgan fingerprint density at radius 2 is 1.82 bits per heavy atom. The molecule has 0 radical (unpaired) electrons. The highest BCUT2D eigenvalue weighted by Crippen LogP contribution is 2.53. The number of benzene rings is 1. The van der Waals surface area contributed by atoms with Gasteiger partial charge in [-0.2, -0.15) is 0 Å². The lowest BCUT2D eigenvalue weighted by atomic mass is 9.94. The lowest BCUT2D eigenvalue weighted by Gasteiger charge is -2.29. The minimum Gasteiger partial charge on any atom is -0.481 e. The van der Waals surface area contributed by atoms with E-state index in [9.17, 15) is 19.4 Å². The summed E-state index contributed by atoms with van der Waals surface area (Å²) in [6.45, 7) is 0. The van der Waals surface area contributed by atoms with Crippen LogP contribution in [0.4, 0.5) is 0 Å². The zero-order valence-corrected chi connectivity index (χ0v) is 13.5. The molecule has 0 bridgehead atoms. The van der Waals surface area contributed by atoms with Crippen molar-refractivity contribution < 1.29 is 19.4 Å². The lowest BCUT2D eigenvalue weighted by Crippen LogP contribution is -2.30. The number of hydrogen-bond donors (Lipinski definition) is 2. The minimum atomic E-state index is -3.43. The highest BCUT2D eigenvalue weighted by Gasteiger charge is 2.40. The first-order valence-corrected chi connectivity index (χ1v) is 9.65. The summed E-state index contributed by atoms with van der Waals surface area (Å²) in [7, 11) is -3.43. The molecule has 1 aromatic rings.